The first kappa shape index (κ1) is 13.9. The Bertz CT molecular complexity index is 655. The second kappa shape index (κ2) is 5.37. The van der Waals surface area contributed by atoms with Gasteiger partial charge in [-0.3, -0.25) is 9.59 Å². The number of piperazine rings is 2. The molecule has 1 aromatic rings. The normalized spacial score (nSPS) is 21.6. The van der Waals surface area contributed by atoms with Crippen molar-refractivity contribution in [1.82, 2.24) is 10.2 Å². The number of nitriles is 1. The molecule has 2 amide bonds. The molecule has 0 bridgehead atoms. The number of rotatable bonds is 1. The summed E-state index contributed by atoms with van der Waals surface area (Å²) in [6, 6.07) is 7.75. The van der Waals surface area contributed by atoms with Crippen molar-refractivity contribution in [1.29, 1.82) is 5.26 Å². The van der Waals surface area contributed by atoms with E-state index in [2.05, 4.69) is 32.2 Å². The minimum absolute atomic E-state index is 0.0425. The van der Waals surface area contributed by atoms with E-state index in [1.54, 1.807) is 11.0 Å². The fraction of sp³-hybridized carbons (Fsp3) is 0.357. The van der Waals surface area contributed by atoms with E-state index in [0.717, 1.165) is 10.2 Å². The quantitative estimate of drug-likeness (QED) is 0.748. The molecule has 1 N–H and O–H groups in total. The van der Waals surface area contributed by atoms with E-state index in [1.165, 1.54) is 0 Å². The van der Waals surface area contributed by atoms with Gasteiger partial charge in [0.05, 0.1) is 17.3 Å². The minimum Gasteiger partial charge on any atom is -0.367 e. The lowest BCUT2D eigenvalue weighted by molar-refractivity contribution is -0.150. The van der Waals surface area contributed by atoms with Gasteiger partial charge < -0.3 is 15.1 Å². The molecule has 2 heterocycles. The van der Waals surface area contributed by atoms with Crippen LogP contribution in [0, 0.1) is 11.3 Å². The first-order chi connectivity index (χ1) is 10.1. The highest BCUT2D eigenvalue weighted by Crippen LogP contribution is 2.26. The van der Waals surface area contributed by atoms with E-state index in [0.29, 0.717) is 31.7 Å². The molecule has 0 aliphatic carbocycles. The first-order valence-corrected chi connectivity index (χ1v) is 7.43. The summed E-state index contributed by atoms with van der Waals surface area (Å²) >= 11 is 3.36. The third kappa shape index (κ3) is 2.47. The van der Waals surface area contributed by atoms with Crippen molar-refractivity contribution in [3.63, 3.8) is 0 Å². The van der Waals surface area contributed by atoms with Gasteiger partial charge in [0.2, 0.25) is 0 Å². The van der Waals surface area contributed by atoms with Crippen LogP contribution < -0.4 is 10.2 Å². The van der Waals surface area contributed by atoms with E-state index in [4.69, 9.17) is 0 Å². The predicted octanol–water partition coefficient (Wildman–Crippen LogP) is 0.468. The van der Waals surface area contributed by atoms with Crippen LogP contribution >= 0.6 is 15.9 Å². The van der Waals surface area contributed by atoms with Crippen LogP contribution in [0.3, 0.4) is 0 Å². The summed E-state index contributed by atoms with van der Waals surface area (Å²) in [5.74, 6) is -0.983. The van der Waals surface area contributed by atoms with Gasteiger partial charge in [-0.05, 0) is 18.2 Å². The molecule has 21 heavy (non-hydrogen) atoms. The Morgan fingerprint density at radius 1 is 1.33 bits per heavy atom. The zero-order valence-electron chi connectivity index (χ0n) is 11.2. The molecule has 1 aromatic carbocycles. The third-order valence-corrected chi connectivity index (χ3v) is 4.35. The van der Waals surface area contributed by atoms with Gasteiger partial charge in [0, 0.05) is 30.7 Å². The van der Waals surface area contributed by atoms with Crippen LogP contribution in [0.1, 0.15) is 5.56 Å². The van der Waals surface area contributed by atoms with Crippen LogP contribution in [0.5, 0.6) is 0 Å². The Morgan fingerprint density at radius 2 is 2.14 bits per heavy atom. The second-order valence-electron chi connectivity index (χ2n) is 5.08. The average Bonchev–Trinajstić information content (AvgIpc) is 2.50. The van der Waals surface area contributed by atoms with Crippen LogP contribution in [-0.4, -0.2) is 48.9 Å². The predicted molar refractivity (Wildman–Crippen MR) is 79.6 cm³/mol. The molecular weight excluding hydrogens is 336 g/mol. The molecule has 2 aliphatic heterocycles. The third-order valence-electron chi connectivity index (χ3n) is 3.86. The molecular formula is C14H13BrN4O2. The SMILES string of the molecule is N#Cc1cc(Br)ccc1N1CCN2C(=O)C(=O)NC[C@@H]2C1. The maximum absolute atomic E-state index is 11.8. The van der Waals surface area contributed by atoms with Crippen molar-refractivity contribution in [2.45, 2.75) is 6.04 Å². The van der Waals surface area contributed by atoms with Gasteiger partial charge in [-0.2, -0.15) is 5.26 Å². The number of benzene rings is 1. The first-order valence-electron chi connectivity index (χ1n) is 6.63. The largest absolute Gasteiger partial charge is 0.367 e. The molecule has 0 radical (unpaired) electrons. The number of nitrogens with one attached hydrogen (secondary N) is 1. The number of anilines is 1. The van der Waals surface area contributed by atoms with Crippen molar-refractivity contribution in [2.75, 3.05) is 31.1 Å². The highest BCUT2D eigenvalue weighted by Gasteiger charge is 2.37. The summed E-state index contributed by atoms with van der Waals surface area (Å²) in [6.07, 6.45) is 0. The van der Waals surface area contributed by atoms with Gasteiger partial charge in [0.1, 0.15) is 6.07 Å². The Morgan fingerprint density at radius 3 is 2.90 bits per heavy atom. The highest BCUT2D eigenvalue weighted by molar-refractivity contribution is 9.10. The number of nitrogens with zero attached hydrogens (tertiary/aromatic N) is 3. The van der Waals surface area contributed by atoms with Crippen molar-refractivity contribution >= 4 is 33.4 Å². The van der Waals surface area contributed by atoms with Gasteiger partial charge in [-0.25, -0.2) is 0 Å². The van der Waals surface area contributed by atoms with E-state index in [9.17, 15) is 14.9 Å². The van der Waals surface area contributed by atoms with Crippen molar-refractivity contribution < 1.29 is 9.59 Å². The Balaban J connectivity index is 1.83. The molecule has 0 spiro atoms. The standard InChI is InChI=1S/C14H13BrN4O2/c15-10-1-2-12(9(5-10)6-16)18-3-4-19-11(8-18)7-17-13(20)14(19)21/h1-2,5,11H,3-4,7-8H2,(H,17,20)/t11-/m1/s1. The highest BCUT2D eigenvalue weighted by atomic mass is 79.9. The van der Waals surface area contributed by atoms with Gasteiger partial charge in [0.15, 0.2) is 0 Å². The fourth-order valence-electron chi connectivity index (χ4n) is 2.81. The molecule has 0 aromatic heterocycles. The average molecular weight is 349 g/mol. The summed E-state index contributed by atoms with van der Waals surface area (Å²) in [7, 11) is 0. The summed E-state index contributed by atoms with van der Waals surface area (Å²) in [4.78, 5) is 26.9. The Kier molecular flexibility index (Phi) is 3.55. The lowest BCUT2D eigenvalue weighted by atomic mass is 10.1. The van der Waals surface area contributed by atoms with E-state index in [1.807, 2.05) is 12.1 Å². The molecule has 6 nitrogen and oxygen atoms in total. The molecule has 2 saturated heterocycles. The van der Waals surface area contributed by atoms with Crippen molar-refractivity contribution in [3.05, 3.63) is 28.2 Å². The van der Waals surface area contributed by atoms with Crippen LogP contribution in [0.4, 0.5) is 5.69 Å². The molecule has 3 rings (SSSR count). The topological polar surface area (TPSA) is 76.4 Å². The summed E-state index contributed by atoms with van der Waals surface area (Å²) < 4.78 is 0.863. The molecule has 2 aliphatic rings. The number of amides is 2. The number of carbonyl (C=O) groups is 2. The smallest absolute Gasteiger partial charge is 0.312 e. The Hall–Kier alpha value is -2.07. The lowest BCUT2D eigenvalue weighted by Gasteiger charge is -2.44. The molecule has 1 atom stereocenters. The summed E-state index contributed by atoms with van der Waals surface area (Å²) in [5, 5.41) is 11.9. The number of carbonyl (C=O) groups excluding carboxylic acids is 2. The molecule has 0 saturated carbocycles. The number of fused-ring (bicyclic) bond motifs is 1. The summed E-state index contributed by atoms with van der Waals surface area (Å²) in [6.45, 7) is 2.19. The van der Waals surface area contributed by atoms with Crippen LogP contribution in [-0.2, 0) is 9.59 Å². The molecule has 7 heteroatoms. The molecule has 0 unspecified atom stereocenters. The second-order valence-corrected chi connectivity index (χ2v) is 6.00. The number of hydrogen-bond donors (Lipinski definition) is 1. The number of halogens is 1. The molecule has 2 fully saturated rings. The number of hydrogen-bond acceptors (Lipinski definition) is 4. The summed E-state index contributed by atoms with van der Waals surface area (Å²) in [5.41, 5.74) is 1.47. The van der Waals surface area contributed by atoms with E-state index in [-0.39, 0.29) is 6.04 Å². The minimum atomic E-state index is -0.527. The van der Waals surface area contributed by atoms with E-state index < -0.39 is 11.8 Å². The van der Waals surface area contributed by atoms with Gasteiger partial charge >= 0.3 is 11.8 Å². The zero-order chi connectivity index (χ0) is 15.0. The Labute approximate surface area is 130 Å². The van der Waals surface area contributed by atoms with Crippen molar-refractivity contribution in [2.24, 2.45) is 0 Å². The zero-order valence-corrected chi connectivity index (χ0v) is 12.8. The lowest BCUT2D eigenvalue weighted by Crippen LogP contribution is -2.65. The van der Waals surface area contributed by atoms with Gasteiger partial charge in [0.25, 0.3) is 0 Å². The van der Waals surface area contributed by atoms with Crippen LogP contribution in [0.25, 0.3) is 0 Å². The van der Waals surface area contributed by atoms with Gasteiger partial charge in [-0.15, -0.1) is 0 Å². The maximum Gasteiger partial charge on any atom is 0.312 e. The maximum atomic E-state index is 11.8. The van der Waals surface area contributed by atoms with Crippen molar-refractivity contribution in [3.8, 4) is 6.07 Å². The fourth-order valence-corrected chi connectivity index (χ4v) is 3.17. The monoisotopic (exact) mass is 348 g/mol. The molecule has 108 valence electrons. The van der Waals surface area contributed by atoms with E-state index >= 15 is 0 Å². The van der Waals surface area contributed by atoms with Crippen LogP contribution in [0.15, 0.2) is 22.7 Å². The van der Waals surface area contributed by atoms with Crippen LogP contribution in [0.2, 0.25) is 0 Å². The van der Waals surface area contributed by atoms with Gasteiger partial charge in [-0.1, -0.05) is 15.9 Å².